The molecule has 15 heavy (non-hydrogen) atoms. The highest BCUT2D eigenvalue weighted by Gasteiger charge is 2.31. The van der Waals surface area contributed by atoms with E-state index >= 15 is 0 Å². The predicted octanol–water partition coefficient (Wildman–Crippen LogP) is 2.53. The largest absolute Gasteiger partial charge is 0.370 e. The van der Waals surface area contributed by atoms with Gasteiger partial charge in [0.1, 0.15) is 8.40 Å². The van der Waals surface area contributed by atoms with E-state index in [0.717, 1.165) is 11.3 Å². The van der Waals surface area contributed by atoms with E-state index in [0.29, 0.717) is 0 Å². The number of nitro groups is 1. The number of nitrogens with zero attached hydrogens (tertiary/aromatic N) is 1. The van der Waals surface area contributed by atoms with Crippen LogP contribution in [0.2, 0.25) is 0 Å². The molecule has 1 aromatic rings. The molecule has 1 aromatic heterocycles. The maximum absolute atomic E-state index is 11.9. The molecule has 0 aromatic carbocycles. The molecule has 0 amide bonds. The van der Waals surface area contributed by atoms with Crippen LogP contribution in [-0.2, 0) is 13.6 Å². The fourth-order valence-electron chi connectivity index (χ4n) is 0.861. The molecule has 0 unspecified atom stereocenters. The van der Waals surface area contributed by atoms with Crippen molar-refractivity contribution in [3.05, 3.63) is 20.0 Å². The Hall–Kier alpha value is -0.270. The summed E-state index contributed by atoms with van der Waals surface area (Å²) in [7, 11) is -0.943. The summed E-state index contributed by atoms with van der Waals surface area (Å²) in [5.74, 6) is 0. The Bertz CT molecular complexity index is 425. The summed E-state index contributed by atoms with van der Waals surface area (Å²) in [6.07, 6.45) is 0. The summed E-state index contributed by atoms with van der Waals surface area (Å²) in [4.78, 5) is 9.98. The van der Waals surface area contributed by atoms with Gasteiger partial charge in [0.15, 0.2) is 0 Å². The van der Waals surface area contributed by atoms with Gasteiger partial charge in [-0.2, -0.15) is 0 Å². The van der Waals surface area contributed by atoms with Gasteiger partial charge in [-0.3, -0.25) is 14.7 Å². The molecule has 0 bridgehead atoms. The smallest absolute Gasteiger partial charge is 0.308 e. The highest BCUT2D eigenvalue weighted by Crippen LogP contribution is 2.49. The van der Waals surface area contributed by atoms with Crippen molar-refractivity contribution >= 4 is 45.2 Å². The summed E-state index contributed by atoms with van der Waals surface area (Å²) in [6.45, 7) is 0. The Kier molecular flexibility index (Phi) is 4.02. The highest BCUT2D eigenvalue weighted by atomic mass is 79.9. The van der Waals surface area contributed by atoms with Crippen molar-refractivity contribution in [2.75, 3.05) is 14.2 Å². The number of hydrogen-bond acceptors (Lipinski definition) is 6. The van der Waals surface area contributed by atoms with E-state index < -0.39 is 12.5 Å². The first-order chi connectivity index (χ1) is 6.94. The lowest BCUT2D eigenvalue weighted by atomic mass is 10.6. The zero-order valence-corrected chi connectivity index (χ0v) is 11.1. The Morgan fingerprint density at radius 1 is 1.53 bits per heavy atom. The first-order valence-electron chi connectivity index (χ1n) is 3.60. The summed E-state index contributed by atoms with van der Waals surface area (Å²) in [6, 6.07) is 1.18. The zero-order chi connectivity index (χ0) is 11.6. The number of rotatable bonds is 4. The second-order valence-electron chi connectivity index (χ2n) is 2.36. The van der Waals surface area contributed by atoms with Gasteiger partial charge >= 0.3 is 7.60 Å². The first-order valence-corrected chi connectivity index (χ1v) is 6.75. The van der Waals surface area contributed by atoms with Crippen LogP contribution in [0.4, 0.5) is 5.69 Å². The minimum Gasteiger partial charge on any atom is -0.308 e. The van der Waals surface area contributed by atoms with Crippen molar-refractivity contribution in [3.63, 3.8) is 0 Å². The Morgan fingerprint density at radius 3 is 2.40 bits per heavy atom. The molecular weight excluding hydrogens is 309 g/mol. The minimum absolute atomic E-state index is 0.149. The van der Waals surface area contributed by atoms with Gasteiger partial charge < -0.3 is 9.05 Å². The average Bonchev–Trinajstić information content (AvgIpc) is 2.59. The standard InChI is InChI=1S/C6H7BrNO5PS/c1-12-14(11,13-2)5-3-4(8(9)10)6(7)15-5/h3H,1-2H3. The summed E-state index contributed by atoms with van der Waals surface area (Å²) in [5.41, 5.74) is -0.149. The fraction of sp³-hybridized carbons (Fsp3) is 0.333. The molecule has 0 saturated heterocycles. The quantitative estimate of drug-likeness (QED) is 0.484. The molecule has 0 aliphatic heterocycles. The van der Waals surface area contributed by atoms with E-state index in [2.05, 4.69) is 15.9 Å². The average molecular weight is 316 g/mol. The predicted molar refractivity (Wildman–Crippen MR) is 59.9 cm³/mol. The second-order valence-corrected chi connectivity index (χ2v) is 7.24. The lowest BCUT2D eigenvalue weighted by Crippen LogP contribution is -2.02. The topological polar surface area (TPSA) is 78.7 Å². The van der Waals surface area contributed by atoms with E-state index in [1.807, 2.05) is 0 Å². The number of thiophene rings is 1. The Balaban J connectivity index is 3.23. The van der Waals surface area contributed by atoms with Crippen LogP contribution >= 0.6 is 34.9 Å². The molecular formula is C6H7BrNO5PS. The van der Waals surface area contributed by atoms with Crippen LogP contribution in [0.25, 0.3) is 0 Å². The van der Waals surface area contributed by atoms with Crippen molar-refractivity contribution in [1.29, 1.82) is 0 Å². The fourth-order valence-corrected chi connectivity index (χ4v) is 4.57. The molecule has 0 radical (unpaired) electrons. The Morgan fingerprint density at radius 2 is 2.07 bits per heavy atom. The summed E-state index contributed by atoms with van der Waals surface area (Å²) >= 11 is 3.97. The molecule has 0 aliphatic rings. The van der Waals surface area contributed by atoms with E-state index in [-0.39, 0.29) is 14.1 Å². The Labute approximate surface area is 98.0 Å². The van der Waals surface area contributed by atoms with Gasteiger partial charge in [-0.25, -0.2) is 0 Å². The third-order valence-electron chi connectivity index (χ3n) is 1.60. The van der Waals surface area contributed by atoms with Crippen molar-refractivity contribution in [2.24, 2.45) is 0 Å². The van der Waals surface area contributed by atoms with Crippen molar-refractivity contribution in [2.45, 2.75) is 0 Å². The maximum Gasteiger partial charge on any atom is 0.370 e. The molecule has 1 rings (SSSR count). The molecule has 6 nitrogen and oxygen atoms in total. The van der Waals surface area contributed by atoms with Crippen molar-refractivity contribution in [3.8, 4) is 0 Å². The van der Waals surface area contributed by atoms with Crippen LogP contribution in [0.5, 0.6) is 0 Å². The third-order valence-corrected chi connectivity index (χ3v) is 5.79. The number of hydrogen-bond donors (Lipinski definition) is 0. The normalized spacial score (nSPS) is 11.7. The van der Waals surface area contributed by atoms with Crippen LogP contribution in [0, 0.1) is 10.1 Å². The first kappa shape index (κ1) is 12.8. The van der Waals surface area contributed by atoms with Crippen LogP contribution in [0.3, 0.4) is 0 Å². The molecule has 0 fully saturated rings. The molecule has 0 spiro atoms. The number of halogens is 1. The monoisotopic (exact) mass is 315 g/mol. The van der Waals surface area contributed by atoms with E-state index in [1.165, 1.54) is 20.3 Å². The van der Waals surface area contributed by atoms with Gasteiger partial charge in [0.25, 0.3) is 5.69 Å². The molecule has 0 saturated carbocycles. The van der Waals surface area contributed by atoms with Gasteiger partial charge in [0.2, 0.25) is 0 Å². The van der Waals surface area contributed by atoms with Gasteiger partial charge in [0, 0.05) is 20.3 Å². The lowest BCUT2D eigenvalue weighted by molar-refractivity contribution is -0.385. The highest BCUT2D eigenvalue weighted by molar-refractivity contribution is 9.11. The van der Waals surface area contributed by atoms with Crippen molar-refractivity contribution in [1.82, 2.24) is 0 Å². The van der Waals surface area contributed by atoms with Crippen LogP contribution in [0.1, 0.15) is 0 Å². The van der Waals surface area contributed by atoms with Crippen LogP contribution in [0.15, 0.2) is 9.85 Å². The van der Waals surface area contributed by atoms with Gasteiger partial charge in [-0.05, 0) is 15.9 Å². The van der Waals surface area contributed by atoms with E-state index in [4.69, 9.17) is 9.05 Å². The molecule has 1 heterocycles. The molecule has 84 valence electrons. The van der Waals surface area contributed by atoms with Gasteiger partial charge in [0.05, 0.1) is 4.92 Å². The second kappa shape index (κ2) is 4.71. The van der Waals surface area contributed by atoms with Crippen LogP contribution in [-0.4, -0.2) is 19.1 Å². The van der Waals surface area contributed by atoms with Crippen molar-refractivity contribution < 1.29 is 18.5 Å². The van der Waals surface area contributed by atoms with E-state index in [1.54, 1.807) is 0 Å². The minimum atomic E-state index is -3.40. The van der Waals surface area contributed by atoms with Gasteiger partial charge in [-0.1, -0.05) is 0 Å². The molecule has 0 N–H and O–H groups in total. The van der Waals surface area contributed by atoms with E-state index in [9.17, 15) is 14.7 Å². The van der Waals surface area contributed by atoms with Gasteiger partial charge in [-0.15, -0.1) is 11.3 Å². The molecule has 9 heteroatoms. The maximum atomic E-state index is 11.9. The SMILES string of the molecule is COP(=O)(OC)c1cc([N+](=O)[O-])c(Br)s1. The molecule has 0 atom stereocenters. The zero-order valence-electron chi connectivity index (χ0n) is 7.80. The lowest BCUT2D eigenvalue weighted by Gasteiger charge is -2.09. The molecule has 0 aliphatic carbocycles. The third kappa shape index (κ3) is 2.46. The summed E-state index contributed by atoms with van der Waals surface area (Å²) in [5, 5.41) is 10.5. The van der Waals surface area contributed by atoms with Crippen LogP contribution < -0.4 is 4.62 Å². The summed E-state index contributed by atoms with van der Waals surface area (Å²) < 4.78 is 21.8.